The highest BCUT2D eigenvalue weighted by atomic mass is 16.2. The molecular weight excluding hydrogens is 270 g/mol. The quantitative estimate of drug-likeness (QED) is 0.875. The summed E-state index contributed by atoms with van der Waals surface area (Å²) in [5.74, 6) is 0. The van der Waals surface area contributed by atoms with Crippen molar-refractivity contribution < 1.29 is 0 Å². The second kappa shape index (κ2) is 5.59. The van der Waals surface area contributed by atoms with Crippen molar-refractivity contribution in [3.05, 3.63) is 45.0 Å². The van der Waals surface area contributed by atoms with E-state index in [-0.39, 0.29) is 5.69 Å². The molecule has 1 aliphatic carbocycles. The van der Waals surface area contributed by atoms with Crippen LogP contribution in [0.3, 0.4) is 0 Å². The molecule has 3 N–H and O–H groups in total. The zero-order chi connectivity index (χ0) is 14.8. The fourth-order valence-corrected chi connectivity index (χ4v) is 2.83. The van der Waals surface area contributed by atoms with E-state index in [1.165, 1.54) is 30.0 Å². The van der Waals surface area contributed by atoms with Crippen molar-refractivity contribution in [3.63, 3.8) is 0 Å². The van der Waals surface area contributed by atoms with Crippen LogP contribution in [0.1, 0.15) is 43.8 Å². The summed E-state index contributed by atoms with van der Waals surface area (Å²) < 4.78 is 3.36. The Balaban J connectivity index is 1.79. The number of aromatic nitrogens is 4. The molecule has 0 amide bonds. The lowest BCUT2D eigenvalue weighted by atomic mass is 9.96. The van der Waals surface area contributed by atoms with Crippen LogP contribution >= 0.6 is 0 Å². The van der Waals surface area contributed by atoms with Gasteiger partial charge >= 0.3 is 5.69 Å². The summed E-state index contributed by atoms with van der Waals surface area (Å²) in [5.41, 5.74) is 5.33. The number of nitrogens with two attached hydrogens (primary N) is 1. The summed E-state index contributed by atoms with van der Waals surface area (Å²) in [6.07, 6.45) is 9.44. The standard InChI is InChI=1S/C14H19N5O2/c15-12-9-18(14(21)16-13(12)20)8-10-6-7-19(17-10)11-4-2-1-3-5-11/h6-7,9,11H,1-5,8,15H2,(H,16,20,21). The Morgan fingerprint density at radius 3 is 2.81 bits per heavy atom. The van der Waals surface area contributed by atoms with Gasteiger partial charge in [-0.05, 0) is 18.9 Å². The third kappa shape index (κ3) is 2.91. The van der Waals surface area contributed by atoms with Gasteiger partial charge in [0.25, 0.3) is 5.56 Å². The number of nitrogens with one attached hydrogen (secondary N) is 1. The van der Waals surface area contributed by atoms with Crippen LogP contribution in [0.2, 0.25) is 0 Å². The van der Waals surface area contributed by atoms with Crippen molar-refractivity contribution in [2.75, 3.05) is 5.73 Å². The van der Waals surface area contributed by atoms with Crippen LogP contribution < -0.4 is 17.0 Å². The van der Waals surface area contributed by atoms with Crippen LogP contribution in [-0.2, 0) is 6.54 Å². The second-order valence-corrected chi connectivity index (χ2v) is 5.55. The van der Waals surface area contributed by atoms with E-state index in [2.05, 4.69) is 10.1 Å². The molecule has 21 heavy (non-hydrogen) atoms. The molecular formula is C14H19N5O2. The predicted octanol–water partition coefficient (Wildman–Crippen LogP) is 0.869. The number of nitrogens with zero attached hydrogens (tertiary/aromatic N) is 3. The number of rotatable bonds is 3. The fraction of sp³-hybridized carbons (Fsp3) is 0.500. The normalized spacial score (nSPS) is 16.2. The van der Waals surface area contributed by atoms with Crippen LogP contribution in [0.15, 0.2) is 28.0 Å². The highest BCUT2D eigenvalue weighted by Gasteiger charge is 2.16. The minimum atomic E-state index is -0.552. The third-order valence-electron chi connectivity index (χ3n) is 3.98. The Morgan fingerprint density at radius 2 is 2.05 bits per heavy atom. The average molecular weight is 289 g/mol. The molecule has 0 unspecified atom stereocenters. The average Bonchev–Trinajstić information content (AvgIpc) is 2.94. The molecule has 0 bridgehead atoms. The van der Waals surface area contributed by atoms with Gasteiger partial charge in [0, 0.05) is 12.4 Å². The van der Waals surface area contributed by atoms with Crippen molar-refractivity contribution in [3.8, 4) is 0 Å². The van der Waals surface area contributed by atoms with E-state index in [9.17, 15) is 9.59 Å². The van der Waals surface area contributed by atoms with Gasteiger partial charge in [0.2, 0.25) is 0 Å². The summed E-state index contributed by atoms with van der Waals surface area (Å²) >= 11 is 0. The summed E-state index contributed by atoms with van der Waals surface area (Å²) in [4.78, 5) is 25.2. The highest BCUT2D eigenvalue weighted by Crippen LogP contribution is 2.27. The van der Waals surface area contributed by atoms with Gasteiger partial charge in [-0.1, -0.05) is 19.3 Å². The van der Waals surface area contributed by atoms with E-state index in [1.54, 1.807) is 0 Å². The molecule has 2 aromatic rings. The van der Waals surface area contributed by atoms with Gasteiger partial charge in [-0.15, -0.1) is 0 Å². The first-order valence-corrected chi connectivity index (χ1v) is 7.27. The van der Waals surface area contributed by atoms with Crippen LogP contribution in [0.25, 0.3) is 0 Å². The first-order valence-electron chi connectivity index (χ1n) is 7.27. The van der Waals surface area contributed by atoms with E-state index in [1.807, 2.05) is 16.9 Å². The molecule has 7 nitrogen and oxygen atoms in total. The van der Waals surface area contributed by atoms with Crippen LogP contribution in [0.5, 0.6) is 0 Å². The molecule has 0 aromatic carbocycles. The van der Waals surface area contributed by atoms with E-state index < -0.39 is 11.2 Å². The van der Waals surface area contributed by atoms with E-state index in [0.717, 1.165) is 18.5 Å². The molecule has 7 heteroatoms. The molecule has 0 radical (unpaired) electrons. The zero-order valence-corrected chi connectivity index (χ0v) is 11.8. The molecule has 1 aliphatic rings. The maximum Gasteiger partial charge on any atom is 0.328 e. The number of hydrogen-bond donors (Lipinski definition) is 2. The molecule has 0 atom stereocenters. The Morgan fingerprint density at radius 1 is 1.29 bits per heavy atom. The van der Waals surface area contributed by atoms with Gasteiger partial charge in [-0.25, -0.2) is 4.79 Å². The Bertz CT molecular complexity index is 736. The molecule has 0 saturated heterocycles. The van der Waals surface area contributed by atoms with Crippen molar-refractivity contribution in [2.45, 2.75) is 44.7 Å². The molecule has 3 rings (SSSR count). The van der Waals surface area contributed by atoms with Crippen LogP contribution in [-0.4, -0.2) is 19.3 Å². The Labute approximate surface area is 121 Å². The van der Waals surface area contributed by atoms with E-state index in [0.29, 0.717) is 12.6 Å². The zero-order valence-electron chi connectivity index (χ0n) is 11.8. The maximum absolute atomic E-state index is 11.7. The van der Waals surface area contributed by atoms with Crippen molar-refractivity contribution in [1.29, 1.82) is 0 Å². The third-order valence-corrected chi connectivity index (χ3v) is 3.98. The van der Waals surface area contributed by atoms with Gasteiger partial charge in [0.1, 0.15) is 5.69 Å². The maximum atomic E-state index is 11.7. The lowest BCUT2D eigenvalue weighted by Gasteiger charge is -2.21. The van der Waals surface area contributed by atoms with Crippen molar-refractivity contribution in [1.82, 2.24) is 19.3 Å². The summed E-state index contributed by atoms with van der Waals surface area (Å²) in [6.45, 7) is 0.305. The topological polar surface area (TPSA) is 98.7 Å². The molecule has 2 aromatic heterocycles. The van der Waals surface area contributed by atoms with Gasteiger partial charge in [0.15, 0.2) is 0 Å². The molecule has 2 heterocycles. The SMILES string of the molecule is Nc1cn(Cc2ccn(C3CCCCC3)n2)c(=O)[nH]c1=O. The van der Waals surface area contributed by atoms with Gasteiger partial charge in [0.05, 0.1) is 18.3 Å². The lowest BCUT2D eigenvalue weighted by molar-refractivity contribution is 0.328. The van der Waals surface area contributed by atoms with Crippen LogP contribution in [0, 0.1) is 0 Å². The molecule has 1 fully saturated rings. The number of H-pyrrole nitrogens is 1. The molecule has 0 spiro atoms. The summed E-state index contributed by atoms with van der Waals surface area (Å²) in [6, 6.07) is 2.37. The van der Waals surface area contributed by atoms with Gasteiger partial charge < -0.3 is 5.73 Å². The second-order valence-electron chi connectivity index (χ2n) is 5.55. The number of nitrogen functional groups attached to an aromatic ring is 1. The fourth-order valence-electron chi connectivity index (χ4n) is 2.83. The van der Waals surface area contributed by atoms with Crippen molar-refractivity contribution in [2.24, 2.45) is 0 Å². The Kier molecular flexibility index (Phi) is 3.64. The van der Waals surface area contributed by atoms with Crippen LogP contribution in [0.4, 0.5) is 5.69 Å². The first kappa shape index (κ1) is 13.7. The molecule has 0 aliphatic heterocycles. The number of aromatic amines is 1. The minimum absolute atomic E-state index is 0.0290. The number of hydrogen-bond acceptors (Lipinski definition) is 4. The smallest absolute Gasteiger partial charge is 0.328 e. The largest absolute Gasteiger partial charge is 0.393 e. The van der Waals surface area contributed by atoms with Gasteiger partial charge in [-0.2, -0.15) is 5.10 Å². The highest BCUT2D eigenvalue weighted by molar-refractivity contribution is 5.30. The van der Waals surface area contributed by atoms with Gasteiger partial charge in [-0.3, -0.25) is 19.0 Å². The lowest BCUT2D eigenvalue weighted by Crippen LogP contribution is -2.31. The van der Waals surface area contributed by atoms with E-state index >= 15 is 0 Å². The number of anilines is 1. The van der Waals surface area contributed by atoms with E-state index in [4.69, 9.17) is 5.73 Å². The van der Waals surface area contributed by atoms with Crippen molar-refractivity contribution >= 4 is 5.69 Å². The molecule has 1 saturated carbocycles. The minimum Gasteiger partial charge on any atom is -0.393 e. The summed E-state index contributed by atoms with van der Waals surface area (Å²) in [7, 11) is 0. The summed E-state index contributed by atoms with van der Waals surface area (Å²) in [5, 5.41) is 4.55. The molecule has 112 valence electrons. The Hall–Kier alpha value is -2.31. The monoisotopic (exact) mass is 289 g/mol. The first-order chi connectivity index (χ1) is 10.1. The predicted molar refractivity (Wildman–Crippen MR) is 79.2 cm³/mol.